The number of rotatable bonds is 8. The first kappa shape index (κ1) is 35.7. The number of amides is 1. The van der Waals surface area contributed by atoms with Gasteiger partial charge in [0.25, 0.3) is 0 Å². The topological polar surface area (TPSA) is 131 Å². The Morgan fingerprint density at radius 3 is 2.65 bits per heavy atom. The lowest BCUT2D eigenvalue weighted by molar-refractivity contribution is -0.0845. The monoisotopic (exact) mass is 754 g/mol. The summed E-state index contributed by atoms with van der Waals surface area (Å²) in [5, 5.41) is 14.4. The van der Waals surface area contributed by atoms with E-state index in [9.17, 15) is 9.90 Å². The fourth-order valence-electron chi connectivity index (χ4n) is 10.1. The molecule has 2 aromatic heterocycles. The van der Waals surface area contributed by atoms with E-state index in [0.29, 0.717) is 61.9 Å². The third-order valence-corrected chi connectivity index (χ3v) is 12.8. The maximum atomic E-state index is 17.4. The molecule has 3 saturated heterocycles. The van der Waals surface area contributed by atoms with Gasteiger partial charge in [0, 0.05) is 42.1 Å². The number of phenolic OH excluding ortho intramolecular Hbond substituents is 1. The standard InChI is InChI=1S/C41H44F2N6O6/c1-4-27-29(42)10-9-23-16-25(50)19-28(31(23)27)34-33(43)35-32(37(45-34)53-3)36(48-14-7-13-41(21-48)20-44-39(51)55-41)47-38(46-35)54-22-40-11-5-8-30(40)49(15-6-12-40)24-17-26(18-24)52-2/h1,9-10,16,19,24,26,30,50H,5-8,11-15,17-18,20-22H2,2-3H3,(H,44,51)/t24?,26?,30-,40-,41+/m1/s1. The van der Waals surface area contributed by atoms with Crippen LogP contribution in [-0.2, 0) is 9.47 Å². The molecule has 1 amide bonds. The number of benzene rings is 2. The second kappa shape index (κ2) is 13.6. The van der Waals surface area contributed by atoms with Crippen molar-refractivity contribution in [2.45, 2.75) is 81.6 Å². The second-order valence-corrected chi connectivity index (χ2v) is 15.8. The lowest BCUT2D eigenvalue weighted by Gasteiger charge is -2.53. The van der Waals surface area contributed by atoms with Gasteiger partial charge in [0.1, 0.15) is 39.6 Å². The van der Waals surface area contributed by atoms with Crippen molar-refractivity contribution in [1.29, 1.82) is 0 Å². The molecule has 5 aliphatic rings. The van der Waals surface area contributed by atoms with E-state index in [-0.39, 0.29) is 62.7 Å². The van der Waals surface area contributed by atoms with Gasteiger partial charge in [-0.1, -0.05) is 18.4 Å². The molecule has 2 aliphatic carbocycles. The van der Waals surface area contributed by atoms with Crippen LogP contribution in [0, 0.1) is 29.4 Å². The Hall–Kier alpha value is -5.00. The van der Waals surface area contributed by atoms with Crippen LogP contribution in [-0.4, -0.2) is 102 Å². The lowest BCUT2D eigenvalue weighted by atomic mass is 9.73. The van der Waals surface area contributed by atoms with E-state index in [2.05, 4.69) is 21.1 Å². The van der Waals surface area contributed by atoms with Crippen molar-refractivity contribution in [3.05, 3.63) is 41.5 Å². The number of ether oxygens (including phenoxy) is 4. The number of terminal acetylenes is 1. The van der Waals surface area contributed by atoms with Gasteiger partial charge in [0.15, 0.2) is 5.82 Å². The average molecular weight is 755 g/mol. The van der Waals surface area contributed by atoms with Gasteiger partial charge in [-0.05, 0) is 81.5 Å². The summed E-state index contributed by atoms with van der Waals surface area (Å²) >= 11 is 0. The molecule has 0 radical (unpaired) electrons. The number of halogens is 2. The predicted octanol–water partition coefficient (Wildman–Crippen LogP) is 6.09. The second-order valence-electron chi connectivity index (χ2n) is 15.8. The molecule has 14 heteroatoms. The maximum Gasteiger partial charge on any atom is 0.407 e. The van der Waals surface area contributed by atoms with Crippen LogP contribution in [0.5, 0.6) is 17.6 Å². The number of fused-ring (bicyclic) bond motifs is 3. The van der Waals surface area contributed by atoms with E-state index in [1.807, 2.05) is 4.90 Å². The Labute approximate surface area is 317 Å². The van der Waals surface area contributed by atoms with E-state index in [1.165, 1.54) is 31.4 Å². The van der Waals surface area contributed by atoms with Crippen LogP contribution < -0.4 is 19.7 Å². The molecule has 5 heterocycles. The number of likely N-dealkylation sites (tertiary alicyclic amines) is 1. The Morgan fingerprint density at radius 1 is 1.07 bits per heavy atom. The molecular formula is C41H44F2N6O6. The zero-order valence-electron chi connectivity index (χ0n) is 31.0. The van der Waals surface area contributed by atoms with Crippen LogP contribution in [0.15, 0.2) is 24.3 Å². The van der Waals surface area contributed by atoms with E-state index in [0.717, 1.165) is 51.5 Å². The highest BCUT2D eigenvalue weighted by molar-refractivity contribution is 6.04. The van der Waals surface area contributed by atoms with Gasteiger partial charge in [0.05, 0.1) is 38.5 Å². The number of hydrogen-bond donors (Lipinski definition) is 2. The van der Waals surface area contributed by atoms with E-state index >= 15 is 8.78 Å². The molecule has 12 nitrogen and oxygen atoms in total. The van der Waals surface area contributed by atoms with E-state index < -0.39 is 23.3 Å². The minimum Gasteiger partial charge on any atom is -0.508 e. The normalized spacial score (nSPS) is 27.8. The van der Waals surface area contributed by atoms with Crippen molar-refractivity contribution in [2.24, 2.45) is 5.41 Å². The van der Waals surface area contributed by atoms with Gasteiger partial charge in [-0.2, -0.15) is 9.97 Å². The van der Waals surface area contributed by atoms with Crippen LogP contribution in [0.3, 0.4) is 0 Å². The van der Waals surface area contributed by atoms with Gasteiger partial charge < -0.3 is 34.3 Å². The number of methoxy groups -OCH3 is 2. The molecule has 2 N–H and O–H groups in total. The number of hydrogen-bond acceptors (Lipinski definition) is 11. The largest absolute Gasteiger partial charge is 0.508 e. The first-order chi connectivity index (χ1) is 26.6. The van der Waals surface area contributed by atoms with Crippen molar-refractivity contribution in [2.75, 3.05) is 51.9 Å². The molecule has 55 heavy (non-hydrogen) atoms. The van der Waals surface area contributed by atoms with Gasteiger partial charge >= 0.3 is 12.1 Å². The van der Waals surface area contributed by atoms with Gasteiger partial charge in [-0.25, -0.2) is 18.6 Å². The summed E-state index contributed by atoms with van der Waals surface area (Å²) in [6, 6.07) is 6.26. The number of nitrogens with zero attached hydrogens (tertiary/aromatic N) is 5. The first-order valence-electron chi connectivity index (χ1n) is 19.2. The number of carbonyl (C=O) groups excluding carboxylic acids is 1. The average Bonchev–Trinajstić information content (AvgIpc) is 3.76. The minimum atomic E-state index is -0.845. The fourth-order valence-corrected chi connectivity index (χ4v) is 10.1. The third-order valence-electron chi connectivity index (χ3n) is 12.8. The fraction of sp³-hybridized carbons (Fsp3) is 0.512. The highest BCUT2D eigenvalue weighted by Crippen LogP contribution is 2.51. The van der Waals surface area contributed by atoms with Crippen molar-refractivity contribution < 1.29 is 37.6 Å². The Balaban J connectivity index is 1.17. The van der Waals surface area contributed by atoms with Crippen molar-refractivity contribution in [3.63, 3.8) is 0 Å². The molecule has 0 unspecified atom stereocenters. The number of aromatic hydroxyl groups is 1. The van der Waals surface area contributed by atoms with Crippen LogP contribution >= 0.6 is 0 Å². The molecule has 0 bridgehead atoms. The molecule has 5 fully saturated rings. The number of piperidine rings is 2. The van der Waals surface area contributed by atoms with Crippen LogP contribution in [0.1, 0.15) is 63.4 Å². The number of nitrogens with one attached hydrogen (secondary N) is 1. The summed E-state index contributed by atoms with van der Waals surface area (Å²) in [5.74, 6) is 1.03. The SMILES string of the molecule is C#Cc1c(F)ccc2cc(O)cc(-c3nc(OC)c4c(N5CCC[C@]6(CNC(=O)O6)C5)nc(OC[C@]56CCC[C@H]5N(C5CC(OC)C5)CCC6)nc4c3F)c12. The molecule has 1 spiro atoms. The van der Waals surface area contributed by atoms with Crippen molar-refractivity contribution in [3.8, 4) is 41.2 Å². The number of aromatic nitrogens is 3. The third kappa shape index (κ3) is 5.94. The Morgan fingerprint density at radius 2 is 1.89 bits per heavy atom. The molecule has 3 atom stereocenters. The first-order valence-corrected chi connectivity index (χ1v) is 19.2. The number of carbonyl (C=O) groups is 1. The quantitative estimate of drug-likeness (QED) is 0.203. The van der Waals surface area contributed by atoms with E-state index in [4.69, 9.17) is 35.3 Å². The van der Waals surface area contributed by atoms with Gasteiger partial charge in [-0.15, -0.1) is 6.42 Å². The van der Waals surface area contributed by atoms with Crippen LogP contribution in [0.2, 0.25) is 0 Å². The van der Waals surface area contributed by atoms with Crippen molar-refractivity contribution >= 4 is 33.6 Å². The summed E-state index contributed by atoms with van der Waals surface area (Å²) in [6.07, 6.45) is 14.2. The number of pyridine rings is 1. The predicted molar refractivity (Wildman–Crippen MR) is 200 cm³/mol. The zero-order valence-corrected chi connectivity index (χ0v) is 31.0. The van der Waals surface area contributed by atoms with Crippen LogP contribution in [0.4, 0.5) is 19.4 Å². The minimum absolute atomic E-state index is 0.00173. The molecule has 2 aromatic carbocycles. The van der Waals surface area contributed by atoms with Gasteiger partial charge in [-0.3, -0.25) is 4.90 Å². The molecule has 288 valence electrons. The number of alkyl carbamates (subject to hydrolysis) is 1. The molecule has 2 saturated carbocycles. The summed E-state index contributed by atoms with van der Waals surface area (Å²) in [6.45, 7) is 2.56. The van der Waals surface area contributed by atoms with Crippen LogP contribution in [0.25, 0.3) is 32.9 Å². The highest BCUT2D eigenvalue weighted by atomic mass is 19.1. The summed E-state index contributed by atoms with van der Waals surface area (Å²) < 4.78 is 56.3. The smallest absolute Gasteiger partial charge is 0.407 e. The highest BCUT2D eigenvalue weighted by Gasteiger charge is 2.52. The summed E-state index contributed by atoms with van der Waals surface area (Å²) in [4.78, 5) is 31.1. The lowest BCUT2D eigenvalue weighted by Crippen LogP contribution is -2.59. The molecule has 9 rings (SSSR count). The molecular weight excluding hydrogens is 710 g/mol. The van der Waals surface area contributed by atoms with Gasteiger partial charge in [0.2, 0.25) is 5.88 Å². The van der Waals surface area contributed by atoms with E-state index in [1.54, 1.807) is 7.11 Å². The summed E-state index contributed by atoms with van der Waals surface area (Å²) in [5.41, 5.74) is -1.28. The molecule has 3 aliphatic heterocycles. The Kier molecular flexibility index (Phi) is 8.85. The van der Waals surface area contributed by atoms with Crippen molar-refractivity contribution in [1.82, 2.24) is 25.2 Å². The zero-order chi connectivity index (χ0) is 38.1. The maximum absolute atomic E-state index is 17.4. The molecule has 4 aromatic rings. The number of phenols is 1. The summed E-state index contributed by atoms with van der Waals surface area (Å²) in [7, 11) is 3.19. The number of anilines is 1. The Bertz CT molecular complexity index is 2250.